The molecule has 5 heteroatoms. The molecule has 0 bridgehead atoms. The van der Waals surface area contributed by atoms with Crippen LogP contribution in [0.2, 0.25) is 0 Å². The molecule has 0 aliphatic heterocycles. The van der Waals surface area contributed by atoms with Gasteiger partial charge in [-0.15, -0.1) is 0 Å². The van der Waals surface area contributed by atoms with Gasteiger partial charge in [-0.25, -0.2) is 9.78 Å². The van der Waals surface area contributed by atoms with E-state index in [1.54, 1.807) is 0 Å². The molecule has 13 heavy (non-hydrogen) atoms. The van der Waals surface area contributed by atoms with Crippen molar-refractivity contribution < 1.29 is 9.90 Å². The number of thiol groups is 1. The molecule has 3 nitrogen and oxygen atoms in total. The van der Waals surface area contributed by atoms with Crippen LogP contribution in [0.4, 0.5) is 0 Å². The van der Waals surface area contributed by atoms with Gasteiger partial charge in [0.05, 0.1) is 6.20 Å². The fourth-order valence-corrected chi connectivity index (χ4v) is 1.37. The third kappa shape index (κ3) is 3.09. The summed E-state index contributed by atoms with van der Waals surface area (Å²) < 4.78 is 0. The minimum Gasteiger partial charge on any atom is -0.477 e. The molecule has 0 unspecified atom stereocenters. The lowest BCUT2D eigenvalue weighted by atomic mass is 10.5. The highest BCUT2D eigenvalue weighted by atomic mass is 32.1. The predicted molar refractivity (Wildman–Crippen MR) is 54.4 cm³/mol. The molecule has 1 aromatic heterocycles. The molecule has 0 radical (unpaired) electrons. The van der Waals surface area contributed by atoms with Crippen LogP contribution in [-0.2, 0) is 0 Å². The summed E-state index contributed by atoms with van der Waals surface area (Å²) in [6.45, 7) is 0. The SMILES string of the molecule is O=C(O)c1cnc(C#CCCS)s1. The molecule has 1 aromatic rings. The largest absolute Gasteiger partial charge is 0.477 e. The van der Waals surface area contributed by atoms with Gasteiger partial charge in [-0.3, -0.25) is 0 Å². The van der Waals surface area contributed by atoms with Crippen molar-refractivity contribution in [3.63, 3.8) is 0 Å². The third-order valence-electron chi connectivity index (χ3n) is 1.15. The van der Waals surface area contributed by atoms with Crippen LogP contribution in [0.3, 0.4) is 0 Å². The molecule has 0 saturated heterocycles. The number of rotatable bonds is 2. The fourth-order valence-electron chi connectivity index (χ4n) is 0.625. The van der Waals surface area contributed by atoms with Crippen LogP contribution in [0.5, 0.6) is 0 Å². The fraction of sp³-hybridized carbons (Fsp3) is 0.250. The standard InChI is InChI=1S/C8H7NO2S2/c10-8(11)6-5-9-7(13-6)3-1-2-4-12/h5,12H,2,4H2,(H,10,11). The average molecular weight is 213 g/mol. The lowest BCUT2D eigenvalue weighted by Crippen LogP contribution is -1.89. The Balaban J connectivity index is 2.71. The highest BCUT2D eigenvalue weighted by molar-refractivity contribution is 7.80. The zero-order valence-corrected chi connectivity index (χ0v) is 8.36. The van der Waals surface area contributed by atoms with Crippen LogP contribution in [0.15, 0.2) is 6.20 Å². The van der Waals surface area contributed by atoms with Gasteiger partial charge >= 0.3 is 5.97 Å². The quantitative estimate of drug-likeness (QED) is 0.578. The summed E-state index contributed by atoms with van der Waals surface area (Å²) in [4.78, 5) is 14.5. The number of carboxylic acid groups (broad SMARTS) is 1. The van der Waals surface area contributed by atoms with Gasteiger partial charge in [0.15, 0.2) is 5.01 Å². The highest BCUT2D eigenvalue weighted by Gasteiger charge is 2.05. The summed E-state index contributed by atoms with van der Waals surface area (Å²) in [5.41, 5.74) is 0. The minimum absolute atomic E-state index is 0.218. The second-order valence-electron chi connectivity index (χ2n) is 2.11. The normalized spacial score (nSPS) is 9.00. The Hall–Kier alpha value is -0.990. The molecule has 0 amide bonds. The number of aromatic carboxylic acids is 1. The summed E-state index contributed by atoms with van der Waals surface area (Å²) in [5.74, 6) is 5.34. The Morgan fingerprint density at radius 1 is 1.77 bits per heavy atom. The first-order valence-corrected chi connectivity index (χ1v) is 4.98. The molecular formula is C8H7NO2S2. The third-order valence-corrected chi connectivity index (χ3v) is 2.27. The molecule has 0 saturated carbocycles. The van der Waals surface area contributed by atoms with Crippen LogP contribution in [0.1, 0.15) is 21.1 Å². The first-order chi connectivity index (χ1) is 6.24. The van der Waals surface area contributed by atoms with Crippen molar-refractivity contribution >= 4 is 29.9 Å². The molecule has 0 aliphatic carbocycles. The second kappa shape index (κ2) is 4.90. The molecular weight excluding hydrogens is 206 g/mol. The smallest absolute Gasteiger partial charge is 0.347 e. The van der Waals surface area contributed by atoms with Gasteiger partial charge in [0.25, 0.3) is 0 Å². The van der Waals surface area contributed by atoms with Crippen LogP contribution in [0.25, 0.3) is 0 Å². The monoisotopic (exact) mass is 213 g/mol. The number of aromatic nitrogens is 1. The van der Waals surface area contributed by atoms with Gasteiger partial charge in [-0.1, -0.05) is 17.3 Å². The maximum Gasteiger partial charge on any atom is 0.347 e. The lowest BCUT2D eigenvalue weighted by Gasteiger charge is -1.79. The Morgan fingerprint density at radius 2 is 2.54 bits per heavy atom. The summed E-state index contributed by atoms with van der Waals surface area (Å²) in [6, 6.07) is 0. The highest BCUT2D eigenvalue weighted by Crippen LogP contribution is 2.11. The lowest BCUT2D eigenvalue weighted by molar-refractivity contribution is 0.0702. The Bertz CT molecular complexity index is 362. The van der Waals surface area contributed by atoms with Crippen LogP contribution < -0.4 is 0 Å². The van der Waals surface area contributed by atoms with Crippen LogP contribution in [-0.4, -0.2) is 21.8 Å². The van der Waals surface area contributed by atoms with E-state index in [-0.39, 0.29) is 4.88 Å². The van der Waals surface area contributed by atoms with Crippen molar-refractivity contribution in [1.82, 2.24) is 4.98 Å². The van der Waals surface area contributed by atoms with Crippen LogP contribution in [0, 0.1) is 11.8 Å². The Labute approximate surface area is 85.2 Å². The Kier molecular flexibility index (Phi) is 3.80. The van der Waals surface area contributed by atoms with Crippen molar-refractivity contribution in [3.05, 3.63) is 16.1 Å². The molecule has 68 valence electrons. The topological polar surface area (TPSA) is 50.2 Å². The molecule has 0 fully saturated rings. The maximum atomic E-state index is 10.5. The van der Waals surface area contributed by atoms with Gasteiger partial charge in [-0.05, 0) is 5.92 Å². The van der Waals surface area contributed by atoms with Gasteiger partial charge in [0, 0.05) is 12.2 Å². The van der Waals surface area contributed by atoms with Crippen molar-refractivity contribution in [3.8, 4) is 11.8 Å². The van der Waals surface area contributed by atoms with E-state index in [0.29, 0.717) is 17.2 Å². The van der Waals surface area contributed by atoms with Crippen molar-refractivity contribution in [2.45, 2.75) is 6.42 Å². The van der Waals surface area contributed by atoms with Crippen LogP contribution >= 0.6 is 24.0 Å². The van der Waals surface area contributed by atoms with Gasteiger partial charge < -0.3 is 5.11 Å². The van der Waals surface area contributed by atoms with E-state index >= 15 is 0 Å². The van der Waals surface area contributed by atoms with Crippen molar-refractivity contribution in [2.75, 3.05) is 5.75 Å². The molecule has 1 rings (SSSR count). The van der Waals surface area contributed by atoms with Gasteiger partial charge in [0.1, 0.15) is 4.88 Å². The van der Waals surface area contributed by atoms with E-state index in [9.17, 15) is 4.79 Å². The van der Waals surface area contributed by atoms with E-state index in [0.717, 1.165) is 11.3 Å². The molecule has 1 N–H and O–H groups in total. The van der Waals surface area contributed by atoms with E-state index in [2.05, 4.69) is 29.5 Å². The first kappa shape index (κ1) is 10.1. The number of hydrogen-bond donors (Lipinski definition) is 2. The van der Waals surface area contributed by atoms with E-state index in [4.69, 9.17) is 5.11 Å². The van der Waals surface area contributed by atoms with Gasteiger partial charge in [-0.2, -0.15) is 12.6 Å². The summed E-state index contributed by atoms with van der Waals surface area (Å²) in [5, 5.41) is 9.12. The average Bonchev–Trinajstić information content (AvgIpc) is 2.53. The molecule has 1 heterocycles. The van der Waals surface area contributed by atoms with Gasteiger partial charge in [0.2, 0.25) is 0 Å². The van der Waals surface area contributed by atoms with Crippen molar-refractivity contribution in [2.24, 2.45) is 0 Å². The van der Waals surface area contributed by atoms with E-state index < -0.39 is 5.97 Å². The minimum atomic E-state index is -0.959. The number of carboxylic acids is 1. The van der Waals surface area contributed by atoms with E-state index in [1.165, 1.54) is 6.20 Å². The summed E-state index contributed by atoms with van der Waals surface area (Å²) in [7, 11) is 0. The zero-order valence-electron chi connectivity index (χ0n) is 6.65. The molecule has 0 aromatic carbocycles. The maximum absolute atomic E-state index is 10.5. The molecule has 0 spiro atoms. The number of thiazole rings is 1. The molecule has 0 aliphatic rings. The summed E-state index contributed by atoms with van der Waals surface area (Å²) >= 11 is 5.07. The van der Waals surface area contributed by atoms with E-state index in [1.807, 2.05) is 0 Å². The zero-order chi connectivity index (χ0) is 9.68. The number of carbonyl (C=O) groups is 1. The predicted octanol–water partition coefficient (Wildman–Crippen LogP) is 1.51. The molecule has 0 atom stereocenters. The Morgan fingerprint density at radius 3 is 3.08 bits per heavy atom. The number of hydrogen-bond acceptors (Lipinski definition) is 4. The first-order valence-electron chi connectivity index (χ1n) is 3.53. The second-order valence-corrected chi connectivity index (χ2v) is 3.59. The van der Waals surface area contributed by atoms with Crippen molar-refractivity contribution in [1.29, 1.82) is 0 Å². The number of nitrogens with zero attached hydrogens (tertiary/aromatic N) is 1. The summed E-state index contributed by atoms with van der Waals surface area (Å²) in [6.07, 6.45) is 2.00.